The first-order chi connectivity index (χ1) is 13.4. The highest BCUT2D eigenvalue weighted by Gasteiger charge is 2.31. The molecule has 1 N–H and O–H groups in total. The number of ether oxygens (including phenoxy) is 2. The fourth-order valence-corrected chi connectivity index (χ4v) is 3.18. The fraction of sp³-hybridized carbons (Fsp3) is 0.400. The maximum absolute atomic E-state index is 12.7. The van der Waals surface area contributed by atoms with Crippen molar-refractivity contribution >= 4 is 11.7 Å². The SMILES string of the molecule is COC(=O)c1cncc(NCC2CCCC(c3ccc(C(F)(F)F)cc3)O2)c1. The molecular formula is C20H21F3N2O3. The van der Waals surface area contributed by atoms with Gasteiger partial charge in [0.25, 0.3) is 0 Å². The molecule has 2 aromatic rings. The van der Waals surface area contributed by atoms with Gasteiger partial charge in [-0.2, -0.15) is 13.2 Å². The van der Waals surface area contributed by atoms with E-state index in [1.807, 2.05) is 0 Å². The molecule has 5 nitrogen and oxygen atoms in total. The van der Waals surface area contributed by atoms with Crippen molar-refractivity contribution in [2.45, 2.75) is 37.6 Å². The average Bonchev–Trinajstić information content (AvgIpc) is 2.71. The molecule has 1 aliphatic heterocycles. The van der Waals surface area contributed by atoms with Crippen LogP contribution in [0.5, 0.6) is 0 Å². The van der Waals surface area contributed by atoms with E-state index in [4.69, 9.17) is 4.74 Å². The van der Waals surface area contributed by atoms with Crippen molar-refractivity contribution in [1.82, 2.24) is 4.98 Å². The molecule has 0 amide bonds. The number of hydrogen-bond donors (Lipinski definition) is 1. The van der Waals surface area contributed by atoms with E-state index >= 15 is 0 Å². The Morgan fingerprint density at radius 3 is 2.68 bits per heavy atom. The summed E-state index contributed by atoms with van der Waals surface area (Å²) < 4.78 is 48.9. The largest absolute Gasteiger partial charge is 0.465 e. The molecule has 28 heavy (non-hydrogen) atoms. The molecule has 0 saturated carbocycles. The van der Waals surface area contributed by atoms with Gasteiger partial charge in [0.1, 0.15) is 0 Å². The van der Waals surface area contributed by atoms with Crippen LogP contribution in [0.25, 0.3) is 0 Å². The van der Waals surface area contributed by atoms with Gasteiger partial charge in [0.05, 0.1) is 36.1 Å². The minimum Gasteiger partial charge on any atom is -0.465 e. The summed E-state index contributed by atoms with van der Waals surface area (Å²) >= 11 is 0. The number of benzene rings is 1. The molecule has 0 aliphatic carbocycles. The van der Waals surface area contributed by atoms with Crippen molar-refractivity contribution in [3.8, 4) is 0 Å². The van der Waals surface area contributed by atoms with Crippen LogP contribution in [0.2, 0.25) is 0 Å². The van der Waals surface area contributed by atoms with Crippen LogP contribution in [0.3, 0.4) is 0 Å². The number of halogens is 3. The quantitative estimate of drug-likeness (QED) is 0.751. The Hall–Kier alpha value is -2.61. The first-order valence-corrected chi connectivity index (χ1v) is 8.96. The van der Waals surface area contributed by atoms with Crippen molar-refractivity contribution in [3.05, 3.63) is 59.4 Å². The van der Waals surface area contributed by atoms with Crippen LogP contribution in [0, 0.1) is 0 Å². The van der Waals surface area contributed by atoms with Crippen LogP contribution < -0.4 is 5.32 Å². The highest BCUT2D eigenvalue weighted by molar-refractivity contribution is 5.89. The van der Waals surface area contributed by atoms with Crippen LogP contribution in [-0.4, -0.2) is 30.7 Å². The third kappa shape index (κ3) is 5.01. The zero-order valence-corrected chi connectivity index (χ0v) is 15.3. The summed E-state index contributed by atoms with van der Waals surface area (Å²) in [5.74, 6) is -0.465. The van der Waals surface area contributed by atoms with Crippen LogP contribution in [0.15, 0.2) is 42.7 Å². The molecule has 0 spiro atoms. The molecule has 1 aromatic heterocycles. The third-order valence-corrected chi connectivity index (χ3v) is 4.65. The number of hydrogen-bond acceptors (Lipinski definition) is 5. The standard InChI is InChI=1S/C20H21F3N2O3/c1-27-19(26)14-9-16(11-24-10-14)25-12-17-3-2-4-18(28-17)13-5-7-15(8-6-13)20(21,22)23/h5-11,17-18,25H,2-4,12H2,1H3. The number of alkyl halides is 3. The Labute approximate surface area is 160 Å². The monoisotopic (exact) mass is 394 g/mol. The zero-order chi connectivity index (χ0) is 20.1. The molecule has 1 aromatic carbocycles. The number of anilines is 1. The fourth-order valence-electron chi connectivity index (χ4n) is 3.18. The van der Waals surface area contributed by atoms with E-state index in [2.05, 4.69) is 15.0 Å². The number of carbonyl (C=O) groups excluding carboxylic acids is 1. The zero-order valence-electron chi connectivity index (χ0n) is 15.3. The van der Waals surface area contributed by atoms with Gasteiger partial charge in [0.15, 0.2) is 0 Å². The molecule has 1 aliphatic rings. The van der Waals surface area contributed by atoms with Crippen molar-refractivity contribution in [2.24, 2.45) is 0 Å². The number of nitrogens with one attached hydrogen (secondary N) is 1. The van der Waals surface area contributed by atoms with E-state index in [0.717, 1.165) is 37.0 Å². The van der Waals surface area contributed by atoms with Crippen LogP contribution >= 0.6 is 0 Å². The molecule has 8 heteroatoms. The van der Waals surface area contributed by atoms with Crippen LogP contribution in [0.1, 0.15) is 46.9 Å². The molecule has 0 radical (unpaired) electrons. The Morgan fingerprint density at radius 2 is 2.00 bits per heavy atom. The van der Waals surface area contributed by atoms with Gasteiger partial charge in [0, 0.05) is 18.9 Å². The van der Waals surface area contributed by atoms with Gasteiger partial charge in [-0.1, -0.05) is 12.1 Å². The normalized spacial score (nSPS) is 19.9. The summed E-state index contributed by atoms with van der Waals surface area (Å²) in [5.41, 5.74) is 1.10. The maximum Gasteiger partial charge on any atom is 0.416 e. The summed E-state index contributed by atoms with van der Waals surface area (Å²) in [5, 5.41) is 3.19. The summed E-state index contributed by atoms with van der Waals surface area (Å²) in [7, 11) is 1.31. The van der Waals surface area contributed by atoms with Gasteiger partial charge in [-0.15, -0.1) is 0 Å². The lowest BCUT2D eigenvalue weighted by molar-refractivity contribution is -0.137. The topological polar surface area (TPSA) is 60.5 Å². The summed E-state index contributed by atoms with van der Waals surface area (Å²) in [6.07, 6.45) is 0.876. The van der Waals surface area contributed by atoms with Gasteiger partial charge in [-0.25, -0.2) is 4.79 Å². The van der Waals surface area contributed by atoms with Crippen molar-refractivity contribution in [3.63, 3.8) is 0 Å². The Balaban J connectivity index is 1.59. The van der Waals surface area contributed by atoms with Gasteiger partial charge >= 0.3 is 12.1 Å². The smallest absolute Gasteiger partial charge is 0.416 e. The molecule has 150 valence electrons. The van der Waals surface area contributed by atoms with Crippen molar-refractivity contribution < 1.29 is 27.4 Å². The van der Waals surface area contributed by atoms with E-state index in [1.54, 1.807) is 12.3 Å². The number of pyridine rings is 1. The average molecular weight is 394 g/mol. The number of carbonyl (C=O) groups is 1. The molecule has 1 fully saturated rings. The Bertz CT molecular complexity index is 809. The highest BCUT2D eigenvalue weighted by atomic mass is 19.4. The number of esters is 1. The number of aromatic nitrogens is 1. The molecule has 2 heterocycles. The molecule has 2 atom stereocenters. The number of methoxy groups -OCH3 is 1. The summed E-state index contributed by atoms with van der Waals surface area (Å²) in [6.45, 7) is 0.503. The third-order valence-electron chi connectivity index (χ3n) is 4.65. The van der Waals surface area contributed by atoms with E-state index in [1.165, 1.54) is 25.4 Å². The lowest BCUT2D eigenvalue weighted by Gasteiger charge is -2.31. The lowest BCUT2D eigenvalue weighted by Crippen LogP contribution is -2.29. The Morgan fingerprint density at radius 1 is 1.25 bits per heavy atom. The van der Waals surface area contributed by atoms with E-state index < -0.39 is 17.7 Å². The minimum atomic E-state index is -4.34. The molecule has 1 saturated heterocycles. The summed E-state index contributed by atoms with van der Waals surface area (Å²) in [4.78, 5) is 15.6. The lowest BCUT2D eigenvalue weighted by atomic mass is 9.97. The van der Waals surface area contributed by atoms with Gasteiger partial charge in [0.2, 0.25) is 0 Å². The second-order valence-corrected chi connectivity index (χ2v) is 6.63. The molecule has 2 unspecified atom stereocenters. The van der Waals surface area contributed by atoms with Gasteiger partial charge in [-0.3, -0.25) is 4.98 Å². The van der Waals surface area contributed by atoms with Crippen LogP contribution in [0.4, 0.5) is 18.9 Å². The number of nitrogens with zero attached hydrogens (tertiary/aromatic N) is 1. The maximum atomic E-state index is 12.7. The van der Waals surface area contributed by atoms with E-state index in [0.29, 0.717) is 17.8 Å². The van der Waals surface area contributed by atoms with E-state index in [-0.39, 0.29) is 12.2 Å². The second kappa shape index (κ2) is 8.60. The highest BCUT2D eigenvalue weighted by Crippen LogP contribution is 2.34. The molecular weight excluding hydrogens is 373 g/mol. The predicted molar refractivity (Wildman–Crippen MR) is 97.0 cm³/mol. The molecule has 0 bridgehead atoms. The van der Waals surface area contributed by atoms with Gasteiger partial charge in [-0.05, 0) is 43.0 Å². The van der Waals surface area contributed by atoms with Gasteiger partial charge < -0.3 is 14.8 Å². The van der Waals surface area contributed by atoms with E-state index in [9.17, 15) is 18.0 Å². The first-order valence-electron chi connectivity index (χ1n) is 8.96. The number of rotatable bonds is 5. The first kappa shape index (κ1) is 20.1. The minimum absolute atomic E-state index is 0.0946. The van der Waals surface area contributed by atoms with Crippen LogP contribution in [-0.2, 0) is 15.7 Å². The Kier molecular flexibility index (Phi) is 6.18. The van der Waals surface area contributed by atoms with Crippen molar-refractivity contribution in [1.29, 1.82) is 0 Å². The second-order valence-electron chi connectivity index (χ2n) is 6.63. The van der Waals surface area contributed by atoms with Crippen molar-refractivity contribution in [2.75, 3.05) is 19.0 Å². The summed E-state index contributed by atoms with van der Waals surface area (Å²) in [6, 6.07) is 6.78. The molecule has 3 rings (SSSR count). The predicted octanol–water partition coefficient (Wildman–Crippen LogP) is 4.61.